The summed E-state index contributed by atoms with van der Waals surface area (Å²) in [5.74, 6) is 1.26. The molecule has 0 N–H and O–H groups in total. The van der Waals surface area contributed by atoms with E-state index in [1.54, 1.807) is 44.0 Å². The molecule has 0 unspecified atom stereocenters. The van der Waals surface area contributed by atoms with E-state index in [4.69, 9.17) is 21.1 Å². The number of aromatic nitrogens is 2. The first-order chi connectivity index (χ1) is 13.9. The molecule has 0 radical (unpaired) electrons. The minimum atomic E-state index is -0.0984. The Balaban J connectivity index is 1.72. The maximum absolute atomic E-state index is 12.9. The molecule has 7 heteroatoms. The van der Waals surface area contributed by atoms with Crippen LogP contribution >= 0.6 is 11.6 Å². The number of aryl methyl sites for hydroxylation is 1. The number of hydrogen-bond donors (Lipinski definition) is 0. The van der Waals surface area contributed by atoms with Gasteiger partial charge < -0.3 is 14.4 Å². The number of carbonyl (C=O) groups is 1. The van der Waals surface area contributed by atoms with E-state index in [1.807, 2.05) is 42.5 Å². The smallest absolute Gasteiger partial charge is 0.271 e. The number of likely N-dealkylation sites (N-methyl/N-ethyl adjacent to an activating group) is 1. The van der Waals surface area contributed by atoms with Crippen molar-refractivity contribution in [3.63, 3.8) is 0 Å². The Hall–Kier alpha value is -2.99. The summed E-state index contributed by atoms with van der Waals surface area (Å²) < 4.78 is 12.2. The molecule has 0 aliphatic heterocycles. The molecular weight excluding hydrogens is 390 g/mol. The van der Waals surface area contributed by atoms with E-state index in [1.165, 1.54) is 0 Å². The molecule has 1 amide bonds. The monoisotopic (exact) mass is 413 g/mol. The average molecular weight is 414 g/mol. The van der Waals surface area contributed by atoms with Crippen molar-refractivity contribution in [2.24, 2.45) is 7.05 Å². The third kappa shape index (κ3) is 4.54. The molecular formula is C22H24ClN3O3. The van der Waals surface area contributed by atoms with E-state index >= 15 is 0 Å². The second-order valence-corrected chi connectivity index (χ2v) is 7.09. The second kappa shape index (κ2) is 9.01. The van der Waals surface area contributed by atoms with Gasteiger partial charge in [-0.1, -0.05) is 35.9 Å². The number of amides is 1. The van der Waals surface area contributed by atoms with Crippen molar-refractivity contribution in [3.8, 4) is 22.8 Å². The summed E-state index contributed by atoms with van der Waals surface area (Å²) in [6.45, 7) is 0.556. The average Bonchev–Trinajstić information content (AvgIpc) is 3.12. The predicted molar refractivity (Wildman–Crippen MR) is 114 cm³/mol. The molecule has 2 aromatic carbocycles. The molecule has 0 atom stereocenters. The maximum atomic E-state index is 12.9. The quantitative estimate of drug-likeness (QED) is 0.585. The number of hydrogen-bond acceptors (Lipinski definition) is 4. The highest BCUT2D eigenvalue weighted by Crippen LogP contribution is 2.28. The Bertz CT molecular complexity index is 1020. The second-order valence-electron chi connectivity index (χ2n) is 6.68. The zero-order chi connectivity index (χ0) is 21.0. The van der Waals surface area contributed by atoms with Crippen molar-refractivity contribution < 1.29 is 14.3 Å². The molecule has 0 saturated carbocycles. The zero-order valence-corrected chi connectivity index (χ0v) is 17.7. The van der Waals surface area contributed by atoms with E-state index in [0.29, 0.717) is 40.9 Å². The predicted octanol–water partition coefficient (Wildman–Crippen LogP) is 4.07. The number of rotatable bonds is 7. The highest BCUT2D eigenvalue weighted by Gasteiger charge is 2.19. The molecule has 0 fully saturated rings. The molecule has 3 aromatic rings. The minimum absolute atomic E-state index is 0.0984. The normalized spacial score (nSPS) is 10.7. The Morgan fingerprint density at radius 3 is 2.52 bits per heavy atom. The van der Waals surface area contributed by atoms with E-state index in [9.17, 15) is 4.79 Å². The molecule has 152 valence electrons. The SMILES string of the molecule is COc1ccc(CCN(C)C(=O)c2cc(-c3ccccc3Cl)nn2C)cc1OC. The molecule has 3 rings (SSSR count). The Kier molecular flexibility index (Phi) is 6.44. The number of halogens is 1. The first-order valence-electron chi connectivity index (χ1n) is 9.20. The van der Waals surface area contributed by atoms with Gasteiger partial charge in [-0.25, -0.2) is 0 Å². The van der Waals surface area contributed by atoms with E-state index < -0.39 is 0 Å². The van der Waals surface area contributed by atoms with Crippen LogP contribution in [0, 0.1) is 0 Å². The number of carbonyl (C=O) groups excluding carboxylic acids is 1. The molecule has 0 saturated heterocycles. The Morgan fingerprint density at radius 2 is 1.83 bits per heavy atom. The number of ether oxygens (including phenoxy) is 2. The first kappa shape index (κ1) is 20.7. The van der Waals surface area contributed by atoms with Crippen LogP contribution in [0.15, 0.2) is 48.5 Å². The van der Waals surface area contributed by atoms with Crippen LogP contribution in [-0.2, 0) is 13.5 Å². The highest BCUT2D eigenvalue weighted by molar-refractivity contribution is 6.33. The lowest BCUT2D eigenvalue weighted by molar-refractivity contribution is 0.0786. The van der Waals surface area contributed by atoms with Crippen molar-refractivity contribution in [1.82, 2.24) is 14.7 Å². The molecule has 29 heavy (non-hydrogen) atoms. The van der Waals surface area contributed by atoms with Gasteiger partial charge in [-0.15, -0.1) is 0 Å². The number of nitrogens with zero attached hydrogens (tertiary/aromatic N) is 3. The van der Waals surface area contributed by atoms with Crippen LogP contribution in [0.5, 0.6) is 11.5 Å². The standard InChI is InChI=1S/C22H24ClN3O3/c1-25(12-11-15-9-10-20(28-3)21(13-15)29-4)22(27)19-14-18(24-26(19)2)16-7-5-6-8-17(16)23/h5-10,13-14H,11-12H2,1-4H3. The van der Waals surface area contributed by atoms with Crippen LogP contribution in [0.3, 0.4) is 0 Å². The van der Waals surface area contributed by atoms with Crippen LogP contribution < -0.4 is 9.47 Å². The Morgan fingerprint density at radius 1 is 1.10 bits per heavy atom. The lowest BCUT2D eigenvalue weighted by Gasteiger charge is -2.17. The van der Waals surface area contributed by atoms with Gasteiger partial charge in [0.05, 0.1) is 24.9 Å². The third-order valence-electron chi connectivity index (χ3n) is 4.78. The van der Waals surface area contributed by atoms with Gasteiger partial charge in [0.2, 0.25) is 0 Å². The van der Waals surface area contributed by atoms with Crippen molar-refractivity contribution >= 4 is 17.5 Å². The first-order valence-corrected chi connectivity index (χ1v) is 9.57. The van der Waals surface area contributed by atoms with Gasteiger partial charge in [-0.3, -0.25) is 9.48 Å². The van der Waals surface area contributed by atoms with Crippen molar-refractivity contribution in [2.45, 2.75) is 6.42 Å². The fourth-order valence-corrected chi connectivity index (χ4v) is 3.33. The highest BCUT2D eigenvalue weighted by atomic mass is 35.5. The van der Waals surface area contributed by atoms with Crippen LogP contribution in [0.4, 0.5) is 0 Å². The van der Waals surface area contributed by atoms with Gasteiger partial charge in [0, 0.05) is 26.2 Å². The van der Waals surface area contributed by atoms with Gasteiger partial charge in [0.1, 0.15) is 5.69 Å². The number of methoxy groups -OCH3 is 2. The summed E-state index contributed by atoms with van der Waals surface area (Å²) in [5, 5.41) is 5.06. The topological polar surface area (TPSA) is 56.6 Å². The van der Waals surface area contributed by atoms with Gasteiger partial charge in [-0.05, 0) is 36.2 Å². The van der Waals surface area contributed by atoms with Gasteiger partial charge in [-0.2, -0.15) is 5.10 Å². The molecule has 0 aliphatic carbocycles. The third-order valence-corrected chi connectivity index (χ3v) is 5.11. The summed E-state index contributed by atoms with van der Waals surface area (Å²) in [5.41, 5.74) is 3.05. The summed E-state index contributed by atoms with van der Waals surface area (Å²) in [4.78, 5) is 14.6. The van der Waals surface area contributed by atoms with Crippen LogP contribution in [0.2, 0.25) is 5.02 Å². The maximum Gasteiger partial charge on any atom is 0.271 e. The van der Waals surface area contributed by atoms with E-state index in [-0.39, 0.29) is 5.91 Å². The number of benzene rings is 2. The summed E-state index contributed by atoms with van der Waals surface area (Å²) in [7, 11) is 6.76. The fraction of sp³-hybridized carbons (Fsp3) is 0.273. The zero-order valence-electron chi connectivity index (χ0n) is 17.0. The lowest BCUT2D eigenvalue weighted by Crippen LogP contribution is -2.30. The van der Waals surface area contributed by atoms with Gasteiger partial charge in [0.25, 0.3) is 5.91 Å². The molecule has 1 heterocycles. The largest absolute Gasteiger partial charge is 0.493 e. The van der Waals surface area contributed by atoms with Gasteiger partial charge in [0.15, 0.2) is 11.5 Å². The minimum Gasteiger partial charge on any atom is -0.493 e. The molecule has 0 spiro atoms. The molecule has 0 aliphatic rings. The van der Waals surface area contributed by atoms with E-state index in [2.05, 4.69) is 5.10 Å². The fourth-order valence-electron chi connectivity index (χ4n) is 3.10. The summed E-state index contributed by atoms with van der Waals surface area (Å²) >= 11 is 6.26. The van der Waals surface area contributed by atoms with Crippen LogP contribution in [-0.4, -0.2) is 48.4 Å². The van der Waals surface area contributed by atoms with E-state index in [0.717, 1.165) is 11.1 Å². The van der Waals surface area contributed by atoms with Crippen molar-refractivity contribution in [1.29, 1.82) is 0 Å². The Labute approximate surface area is 175 Å². The lowest BCUT2D eigenvalue weighted by atomic mass is 10.1. The summed E-state index contributed by atoms with van der Waals surface area (Å²) in [6, 6.07) is 15.0. The van der Waals surface area contributed by atoms with Crippen molar-refractivity contribution in [3.05, 3.63) is 64.8 Å². The van der Waals surface area contributed by atoms with Crippen LogP contribution in [0.1, 0.15) is 16.1 Å². The van der Waals surface area contributed by atoms with Gasteiger partial charge >= 0.3 is 0 Å². The molecule has 1 aromatic heterocycles. The van der Waals surface area contributed by atoms with Crippen molar-refractivity contribution in [2.75, 3.05) is 27.8 Å². The molecule has 0 bridgehead atoms. The van der Waals surface area contributed by atoms with Crippen LogP contribution in [0.25, 0.3) is 11.3 Å². The molecule has 6 nitrogen and oxygen atoms in total. The summed E-state index contributed by atoms with van der Waals surface area (Å²) in [6.07, 6.45) is 0.692.